The van der Waals surface area contributed by atoms with Gasteiger partial charge in [0.05, 0.1) is 5.33 Å². The van der Waals surface area contributed by atoms with Crippen LogP contribution >= 0.6 is 15.9 Å². The monoisotopic (exact) mass is 295 g/mol. The summed E-state index contributed by atoms with van der Waals surface area (Å²) < 4.78 is 2.46. The quantitative estimate of drug-likeness (QED) is 0.800. The summed E-state index contributed by atoms with van der Waals surface area (Å²) in [4.78, 5) is 0. The zero-order chi connectivity index (χ0) is 11.4. The van der Waals surface area contributed by atoms with Crippen molar-refractivity contribution in [3.05, 3.63) is 11.6 Å². The lowest BCUT2D eigenvalue weighted by molar-refractivity contribution is 0.480. The van der Waals surface area contributed by atoms with Gasteiger partial charge in [-0.05, 0) is 37.5 Å². The van der Waals surface area contributed by atoms with E-state index in [4.69, 9.17) is 0 Å². The molecule has 3 fully saturated rings. The molecule has 92 valence electrons. The molecule has 1 heterocycles. The van der Waals surface area contributed by atoms with Gasteiger partial charge in [0, 0.05) is 12.0 Å². The number of alkyl halides is 1. The minimum absolute atomic E-state index is 0.718. The van der Waals surface area contributed by atoms with Gasteiger partial charge in [0.15, 0.2) is 0 Å². The van der Waals surface area contributed by atoms with Gasteiger partial charge >= 0.3 is 0 Å². The number of hydrogen-bond acceptors (Lipinski definition) is 2. The molecule has 1 aromatic heterocycles. The van der Waals surface area contributed by atoms with E-state index in [2.05, 4.69) is 30.7 Å². The number of halogens is 1. The third kappa shape index (κ3) is 1.60. The summed E-state index contributed by atoms with van der Waals surface area (Å²) in [6.45, 7) is 0. The molecule has 2 unspecified atom stereocenters. The maximum Gasteiger partial charge on any atom is 0.143 e. The molecule has 4 rings (SSSR count). The topological polar surface area (TPSA) is 30.7 Å². The van der Waals surface area contributed by atoms with Gasteiger partial charge in [-0.15, -0.1) is 10.2 Å². The van der Waals surface area contributed by atoms with E-state index >= 15 is 0 Å². The molecular formula is C13H18BrN3. The van der Waals surface area contributed by atoms with Crippen LogP contribution in [0.5, 0.6) is 0 Å². The van der Waals surface area contributed by atoms with Crippen LogP contribution in [0.3, 0.4) is 0 Å². The van der Waals surface area contributed by atoms with Gasteiger partial charge in [-0.1, -0.05) is 28.8 Å². The summed E-state index contributed by atoms with van der Waals surface area (Å²) in [6.07, 6.45) is 8.37. The minimum Gasteiger partial charge on any atom is -0.311 e. The lowest BCUT2D eigenvalue weighted by Gasteiger charge is -2.06. The SMILES string of the molecule is BrCc1nnc(C2C3CCCCC32)n1C1CC1. The summed E-state index contributed by atoms with van der Waals surface area (Å²) in [5.41, 5.74) is 0. The predicted octanol–water partition coefficient (Wildman–Crippen LogP) is 3.41. The fraction of sp³-hybridized carbons (Fsp3) is 0.846. The van der Waals surface area contributed by atoms with E-state index in [0.29, 0.717) is 0 Å². The molecule has 0 bridgehead atoms. The van der Waals surface area contributed by atoms with E-state index in [1.54, 1.807) is 0 Å². The van der Waals surface area contributed by atoms with Gasteiger partial charge in [0.25, 0.3) is 0 Å². The number of fused-ring (bicyclic) bond motifs is 1. The number of nitrogens with zero attached hydrogens (tertiary/aromatic N) is 3. The minimum atomic E-state index is 0.718. The third-order valence-corrected chi connectivity index (χ3v) is 5.28. The molecule has 0 N–H and O–H groups in total. The molecule has 3 aliphatic rings. The molecule has 0 radical (unpaired) electrons. The van der Waals surface area contributed by atoms with Crippen LogP contribution in [-0.2, 0) is 5.33 Å². The Morgan fingerprint density at radius 2 is 1.76 bits per heavy atom. The average molecular weight is 296 g/mol. The molecule has 3 nitrogen and oxygen atoms in total. The molecule has 1 aromatic rings. The number of rotatable bonds is 3. The van der Waals surface area contributed by atoms with E-state index in [9.17, 15) is 0 Å². The summed E-state index contributed by atoms with van der Waals surface area (Å²) >= 11 is 3.54. The second kappa shape index (κ2) is 3.81. The summed E-state index contributed by atoms with van der Waals surface area (Å²) in [7, 11) is 0. The van der Waals surface area contributed by atoms with E-state index < -0.39 is 0 Å². The first-order valence-corrected chi connectivity index (χ1v) is 8.02. The molecule has 0 saturated heterocycles. The van der Waals surface area contributed by atoms with E-state index in [1.165, 1.54) is 44.3 Å². The van der Waals surface area contributed by atoms with Crippen LogP contribution in [-0.4, -0.2) is 14.8 Å². The Hall–Kier alpha value is -0.380. The number of aromatic nitrogens is 3. The Labute approximate surface area is 110 Å². The lowest BCUT2D eigenvalue weighted by atomic mass is 10.0. The Bertz CT molecular complexity index is 426. The third-order valence-electron chi connectivity index (χ3n) is 4.78. The highest BCUT2D eigenvalue weighted by molar-refractivity contribution is 9.08. The fourth-order valence-corrected chi connectivity index (χ4v) is 4.14. The zero-order valence-corrected chi connectivity index (χ0v) is 11.6. The molecule has 3 saturated carbocycles. The van der Waals surface area contributed by atoms with Crippen LogP contribution in [0.15, 0.2) is 0 Å². The molecule has 3 aliphatic carbocycles. The lowest BCUT2D eigenvalue weighted by Crippen LogP contribution is -2.04. The van der Waals surface area contributed by atoms with E-state index in [-0.39, 0.29) is 0 Å². The van der Waals surface area contributed by atoms with Crippen LogP contribution in [0.4, 0.5) is 0 Å². The molecule has 0 aromatic carbocycles. The van der Waals surface area contributed by atoms with Crippen molar-refractivity contribution in [1.82, 2.24) is 14.8 Å². The Morgan fingerprint density at radius 1 is 1.06 bits per heavy atom. The molecule has 0 amide bonds. The maximum absolute atomic E-state index is 4.52. The van der Waals surface area contributed by atoms with Gasteiger partial charge in [-0.25, -0.2) is 0 Å². The molecule has 0 aliphatic heterocycles. The Balaban J connectivity index is 1.67. The van der Waals surface area contributed by atoms with Gasteiger partial charge in [0.1, 0.15) is 11.6 Å². The highest BCUT2D eigenvalue weighted by Crippen LogP contribution is 2.61. The highest BCUT2D eigenvalue weighted by Gasteiger charge is 2.54. The number of hydrogen-bond donors (Lipinski definition) is 0. The summed E-state index contributed by atoms with van der Waals surface area (Å²) in [5.74, 6) is 5.09. The van der Waals surface area contributed by atoms with E-state index in [0.717, 1.165) is 35.0 Å². The first-order chi connectivity index (χ1) is 8.40. The van der Waals surface area contributed by atoms with Crippen LogP contribution < -0.4 is 0 Å². The van der Waals surface area contributed by atoms with Crippen LogP contribution in [0.25, 0.3) is 0 Å². The Morgan fingerprint density at radius 3 is 2.35 bits per heavy atom. The fourth-order valence-electron chi connectivity index (χ4n) is 3.76. The summed E-state index contributed by atoms with van der Waals surface area (Å²) in [5, 5.41) is 9.74. The standard InChI is InChI=1S/C13H18BrN3/c14-7-11-15-16-13(17(11)8-5-6-8)12-9-3-1-2-4-10(9)12/h8-10,12H,1-7H2. The second-order valence-corrected chi connectivity index (χ2v) is 6.41. The first-order valence-electron chi connectivity index (χ1n) is 6.90. The van der Waals surface area contributed by atoms with Crippen molar-refractivity contribution in [2.45, 2.75) is 55.8 Å². The Kier molecular flexibility index (Phi) is 2.36. The van der Waals surface area contributed by atoms with Crippen molar-refractivity contribution in [3.63, 3.8) is 0 Å². The van der Waals surface area contributed by atoms with Gasteiger partial charge < -0.3 is 4.57 Å². The molecule has 0 spiro atoms. The highest BCUT2D eigenvalue weighted by atomic mass is 79.9. The van der Waals surface area contributed by atoms with Gasteiger partial charge in [-0.2, -0.15) is 0 Å². The molecule has 2 atom stereocenters. The average Bonchev–Trinajstić information content (AvgIpc) is 3.27. The van der Waals surface area contributed by atoms with Crippen molar-refractivity contribution in [1.29, 1.82) is 0 Å². The van der Waals surface area contributed by atoms with Crippen molar-refractivity contribution in [2.24, 2.45) is 11.8 Å². The van der Waals surface area contributed by atoms with Crippen molar-refractivity contribution in [3.8, 4) is 0 Å². The van der Waals surface area contributed by atoms with Gasteiger partial charge in [0.2, 0.25) is 0 Å². The summed E-state index contributed by atoms with van der Waals surface area (Å²) in [6, 6.07) is 0.718. The van der Waals surface area contributed by atoms with E-state index in [1.807, 2.05) is 0 Å². The van der Waals surface area contributed by atoms with Crippen molar-refractivity contribution in [2.75, 3.05) is 0 Å². The first kappa shape index (κ1) is 10.5. The smallest absolute Gasteiger partial charge is 0.143 e. The molecule has 17 heavy (non-hydrogen) atoms. The van der Waals surface area contributed by atoms with Crippen molar-refractivity contribution < 1.29 is 0 Å². The normalized spacial score (nSPS) is 35.7. The van der Waals surface area contributed by atoms with Gasteiger partial charge in [-0.3, -0.25) is 0 Å². The second-order valence-electron chi connectivity index (χ2n) is 5.85. The predicted molar refractivity (Wildman–Crippen MR) is 69.1 cm³/mol. The van der Waals surface area contributed by atoms with Crippen LogP contribution in [0, 0.1) is 11.8 Å². The zero-order valence-electron chi connectivity index (χ0n) is 9.98. The van der Waals surface area contributed by atoms with Crippen LogP contribution in [0.1, 0.15) is 62.1 Å². The molecule has 4 heteroatoms. The largest absolute Gasteiger partial charge is 0.311 e. The van der Waals surface area contributed by atoms with Crippen LogP contribution in [0.2, 0.25) is 0 Å². The molecular weight excluding hydrogens is 278 g/mol. The maximum atomic E-state index is 4.52. The van der Waals surface area contributed by atoms with Crippen molar-refractivity contribution >= 4 is 15.9 Å².